The number of anilines is 1. The van der Waals surface area contributed by atoms with Crippen LogP contribution in [0, 0.1) is 0 Å². The van der Waals surface area contributed by atoms with Crippen molar-refractivity contribution >= 4 is 11.7 Å². The molecular formula is C13H17N5O. The summed E-state index contributed by atoms with van der Waals surface area (Å²) < 4.78 is 1.70. The third-order valence-electron chi connectivity index (χ3n) is 2.54. The van der Waals surface area contributed by atoms with E-state index in [4.69, 9.17) is 0 Å². The highest BCUT2D eigenvalue weighted by atomic mass is 16.1. The monoisotopic (exact) mass is 259 g/mol. The first-order chi connectivity index (χ1) is 9.19. The predicted octanol–water partition coefficient (Wildman–Crippen LogP) is 1.18. The molecule has 0 spiro atoms. The first kappa shape index (κ1) is 13.1. The van der Waals surface area contributed by atoms with Crippen LogP contribution in [-0.2, 0) is 13.6 Å². The van der Waals surface area contributed by atoms with Gasteiger partial charge in [0.15, 0.2) is 0 Å². The van der Waals surface area contributed by atoms with Crippen LogP contribution in [0.5, 0.6) is 0 Å². The van der Waals surface area contributed by atoms with Gasteiger partial charge in [0.25, 0.3) is 5.91 Å². The third-order valence-corrected chi connectivity index (χ3v) is 2.54. The molecule has 0 unspecified atom stereocenters. The highest BCUT2D eigenvalue weighted by Crippen LogP contribution is 2.04. The highest BCUT2D eigenvalue weighted by molar-refractivity contribution is 5.92. The van der Waals surface area contributed by atoms with Gasteiger partial charge in [-0.05, 0) is 25.1 Å². The van der Waals surface area contributed by atoms with E-state index in [9.17, 15) is 4.79 Å². The minimum absolute atomic E-state index is 0.203. The molecule has 0 aliphatic carbocycles. The molecule has 100 valence electrons. The van der Waals surface area contributed by atoms with Crippen LogP contribution in [0.3, 0.4) is 0 Å². The first-order valence-corrected chi connectivity index (χ1v) is 6.16. The summed E-state index contributed by atoms with van der Waals surface area (Å²) in [7, 11) is 1.84. The molecule has 19 heavy (non-hydrogen) atoms. The maximum atomic E-state index is 11.9. The van der Waals surface area contributed by atoms with Crippen LogP contribution in [0.25, 0.3) is 0 Å². The smallest absolute Gasteiger partial charge is 0.270 e. The molecule has 1 amide bonds. The number of pyridine rings is 1. The van der Waals surface area contributed by atoms with Crippen LogP contribution >= 0.6 is 0 Å². The van der Waals surface area contributed by atoms with Crippen molar-refractivity contribution in [2.75, 3.05) is 11.9 Å². The van der Waals surface area contributed by atoms with Gasteiger partial charge in [0.05, 0.1) is 12.2 Å². The Morgan fingerprint density at radius 3 is 2.89 bits per heavy atom. The second-order valence-corrected chi connectivity index (χ2v) is 4.10. The number of carbonyl (C=O) groups is 1. The van der Waals surface area contributed by atoms with Crippen LogP contribution < -0.4 is 10.6 Å². The fourth-order valence-electron chi connectivity index (χ4n) is 1.66. The van der Waals surface area contributed by atoms with Crippen molar-refractivity contribution in [3.63, 3.8) is 0 Å². The van der Waals surface area contributed by atoms with Gasteiger partial charge >= 0.3 is 0 Å². The number of aromatic nitrogens is 3. The number of hydrogen-bond donors (Lipinski definition) is 2. The number of amides is 1. The van der Waals surface area contributed by atoms with Gasteiger partial charge in [0.1, 0.15) is 11.5 Å². The van der Waals surface area contributed by atoms with E-state index in [-0.39, 0.29) is 5.91 Å². The van der Waals surface area contributed by atoms with Crippen LogP contribution in [0.4, 0.5) is 5.82 Å². The molecule has 0 saturated heterocycles. The molecule has 0 bridgehead atoms. The summed E-state index contributed by atoms with van der Waals surface area (Å²) in [5, 5.41) is 10.1. The maximum absolute atomic E-state index is 11.9. The molecule has 0 aromatic carbocycles. The average Bonchev–Trinajstić information content (AvgIpc) is 2.82. The van der Waals surface area contributed by atoms with Crippen molar-refractivity contribution in [3.05, 3.63) is 41.9 Å². The number of rotatable bonds is 5. The number of hydrogen-bond acceptors (Lipinski definition) is 4. The summed E-state index contributed by atoms with van der Waals surface area (Å²) in [5.74, 6) is 0.499. The summed E-state index contributed by atoms with van der Waals surface area (Å²) >= 11 is 0. The van der Waals surface area contributed by atoms with Gasteiger partial charge < -0.3 is 10.6 Å². The SMILES string of the molecule is CCNc1cccc(C(=O)NCc2ccn(C)n2)n1. The van der Waals surface area contributed by atoms with Gasteiger partial charge in [-0.1, -0.05) is 6.07 Å². The Bertz CT molecular complexity index is 564. The molecule has 0 saturated carbocycles. The minimum atomic E-state index is -0.203. The highest BCUT2D eigenvalue weighted by Gasteiger charge is 2.08. The van der Waals surface area contributed by atoms with E-state index in [1.807, 2.05) is 32.3 Å². The van der Waals surface area contributed by atoms with Gasteiger partial charge in [-0.2, -0.15) is 5.10 Å². The van der Waals surface area contributed by atoms with E-state index < -0.39 is 0 Å². The maximum Gasteiger partial charge on any atom is 0.270 e. The molecular weight excluding hydrogens is 242 g/mol. The van der Waals surface area contributed by atoms with Gasteiger partial charge in [-0.25, -0.2) is 4.98 Å². The summed E-state index contributed by atoms with van der Waals surface area (Å²) in [5.41, 5.74) is 1.22. The normalized spacial score (nSPS) is 10.2. The molecule has 0 aliphatic rings. The topological polar surface area (TPSA) is 71.8 Å². The van der Waals surface area contributed by atoms with Crippen LogP contribution in [0.1, 0.15) is 23.1 Å². The molecule has 0 aliphatic heterocycles. The number of carbonyl (C=O) groups excluding carboxylic acids is 1. The molecule has 0 radical (unpaired) electrons. The van der Waals surface area contributed by atoms with Gasteiger partial charge in [-0.3, -0.25) is 9.48 Å². The molecule has 2 aromatic rings. The van der Waals surface area contributed by atoms with Gasteiger partial charge in [-0.15, -0.1) is 0 Å². The molecule has 2 rings (SSSR count). The van der Waals surface area contributed by atoms with E-state index in [0.29, 0.717) is 18.1 Å². The molecule has 2 N–H and O–H groups in total. The summed E-state index contributed by atoms with van der Waals surface area (Å²) in [6.45, 7) is 3.15. The fourth-order valence-corrected chi connectivity index (χ4v) is 1.66. The number of nitrogens with one attached hydrogen (secondary N) is 2. The lowest BCUT2D eigenvalue weighted by Gasteiger charge is -2.05. The van der Waals surface area contributed by atoms with Crippen LogP contribution in [0.2, 0.25) is 0 Å². The van der Waals surface area contributed by atoms with Gasteiger partial charge in [0, 0.05) is 19.8 Å². The van der Waals surface area contributed by atoms with Crippen molar-refractivity contribution in [2.45, 2.75) is 13.5 Å². The molecule has 0 atom stereocenters. The van der Waals surface area contributed by atoms with E-state index in [1.54, 1.807) is 16.8 Å². The fraction of sp³-hybridized carbons (Fsp3) is 0.308. The van der Waals surface area contributed by atoms with E-state index in [2.05, 4.69) is 20.7 Å². The standard InChI is InChI=1S/C13H17N5O/c1-3-14-12-6-4-5-11(16-12)13(19)15-9-10-7-8-18(2)17-10/h4-8H,3,9H2,1-2H3,(H,14,16)(H,15,19). The van der Waals surface area contributed by atoms with Crippen molar-refractivity contribution in [1.29, 1.82) is 0 Å². The Morgan fingerprint density at radius 2 is 2.21 bits per heavy atom. The molecule has 2 heterocycles. The molecule has 2 aromatic heterocycles. The summed E-state index contributed by atoms with van der Waals surface area (Å²) in [6, 6.07) is 7.19. The number of aryl methyl sites for hydroxylation is 1. The Kier molecular flexibility index (Phi) is 4.12. The number of nitrogens with zero attached hydrogens (tertiary/aromatic N) is 3. The van der Waals surface area contributed by atoms with Crippen LogP contribution in [0.15, 0.2) is 30.5 Å². The third kappa shape index (κ3) is 3.54. The Balaban J connectivity index is 1.97. The van der Waals surface area contributed by atoms with Crippen molar-refractivity contribution in [2.24, 2.45) is 7.05 Å². The molecule has 0 fully saturated rings. The van der Waals surface area contributed by atoms with Crippen LogP contribution in [-0.4, -0.2) is 27.2 Å². The predicted molar refractivity (Wildman–Crippen MR) is 72.8 cm³/mol. The second kappa shape index (κ2) is 5.99. The Hall–Kier alpha value is -2.37. The zero-order valence-electron chi connectivity index (χ0n) is 11.1. The van der Waals surface area contributed by atoms with E-state index in [1.165, 1.54) is 0 Å². The lowest BCUT2D eigenvalue weighted by molar-refractivity contribution is 0.0945. The Morgan fingerprint density at radius 1 is 1.37 bits per heavy atom. The zero-order chi connectivity index (χ0) is 13.7. The van der Waals surface area contributed by atoms with E-state index >= 15 is 0 Å². The summed E-state index contributed by atoms with van der Waals surface area (Å²) in [6.07, 6.45) is 1.84. The molecule has 6 heteroatoms. The zero-order valence-corrected chi connectivity index (χ0v) is 11.1. The average molecular weight is 259 g/mol. The van der Waals surface area contributed by atoms with Crippen molar-refractivity contribution in [3.8, 4) is 0 Å². The van der Waals surface area contributed by atoms with Gasteiger partial charge in [0.2, 0.25) is 0 Å². The van der Waals surface area contributed by atoms with E-state index in [0.717, 1.165) is 12.2 Å². The first-order valence-electron chi connectivity index (χ1n) is 6.16. The lowest BCUT2D eigenvalue weighted by Crippen LogP contribution is -2.24. The second-order valence-electron chi connectivity index (χ2n) is 4.10. The summed E-state index contributed by atoms with van der Waals surface area (Å²) in [4.78, 5) is 16.2. The van der Waals surface area contributed by atoms with Crippen molar-refractivity contribution < 1.29 is 4.79 Å². The lowest BCUT2D eigenvalue weighted by atomic mass is 10.3. The largest absolute Gasteiger partial charge is 0.370 e. The van der Waals surface area contributed by atoms with Crippen molar-refractivity contribution in [1.82, 2.24) is 20.1 Å². The molecule has 6 nitrogen and oxygen atoms in total. The minimum Gasteiger partial charge on any atom is -0.370 e. The Labute approximate surface area is 111 Å². The quantitative estimate of drug-likeness (QED) is 0.845.